The molecule has 1 atom stereocenters. The van der Waals surface area contributed by atoms with Crippen molar-refractivity contribution in [2.45, 2.75) is 16.7 Å². The van der Waals surface area contributed by atoms with E-state index in [0.29, 0.717) is 13.0 Å². The molecular formula is C16H11FN2O2S2. The third kappa shape index (κ3) is 2.70. The minimum atomic E-state index is -0.271. The zero-order valence-corrected chi connectivity index (χ0v) is 13.5. The number of hydrogen-bond acceptors (Lipinski definition) is 6. The van der Waals surface area contributed by atoms with E-state index in [2.05, 4.69) is 9.97 Å². The molecule has 3 aromatic rings. The zero-order valence-electron chi connectivity index (χ0n) is 11.9. The first kappa shape index (κ1) is 14.6. The molecule has 2 aromatic heterocycles. The van der Waals surface area contributed by atoms with E-state index in [1.54, 1.807) is 12.1 Å². The second kappa shape index (κ2) is 5.90. The van der Waals surface area contributed by atoms with Crippen LogP contribution in [0.1, 0.15) is 6.42 Å². The Hall–Kier alpha value is -1.99. The Kier molecular flexibility index (Phi) is 3.74. The number of ether oxygens (including phenoxy) is 1. The van der Waals surface area contributed by atoms with Crippen molar-refractivity contribution >= 4 is 39.3 Å². The summed E-state index contributed by atoms with van der Waals surface area (Å²) in [5.74, 6) is -0.465. The maximum atomic E-state index is 13.2. The monoisotopic (exact) mass is 346 g/mol. The van der Waals surface area contributed by atoms with Gasteiger partial charge >= 0.3 is 5.97 Å². The fourth-order valence-electron chi connectivity index (χ4n) is 2.50. The molecule has 7 heteroatoms. The average Bonchev–Trinajstić information content (AvgIpc) is 3.16. The van der Waals surface area contributed by atoms with Gasteiger partial charge < -0.3 is 4.74 Å². The second-order valence-corrected chi connectivity index (χ2v) is 7.13. The number of nitrogens with zero attached hydrogens (tertiary/aromatic N) is 2. The Bertz CT molecular complexity index is 879. The number of carbonyl (C=O) groups is 1. The van der Waals surface area contributed by atoms with Crippen LogP contribution < -0.4 is 0 Å². The summed E-state index contributed by atoms with van der Waals surface area (Å²) in [6, 6.07) is 6.35. The number of hydrogen-bond donors (Lipinski definition) is 0. The van der Waals surface area contributed by atoms with Crippen molar-refractivity contribution in [3.63, 3.8) is 0 Å². The van der Waals surface area contributed by atoms with Gasteiger partial charge in [-0.05, 0) is 17.7 Å². The first-order valence-corrected chi connectivity index (χ1v) is 8.80. The SMILES string of the molecule is O=C1OCC[C@@H]1Sc1ncnc2scc(-c3ccc(F)cc3)c12. The van der Waals surface area contributed by atoms with E-state index in [1.165, 1.54) is 41.6 Å². The summed E-state index contributed by atoms with van der Waals surface area (Å²) in [5.41, 5.74) is 1.86. The van der Waals surface area contributed by atoms with Crippen LogP contribution in [0.5, 0.6) is 0 Å². The normalized spacial score (nSPS) is 17.6. The highest BCUT2D eigenvalue weighted by atomic mass is 32.2. The van der Waals surface area contributed by atoms with E-state index in [0.717, 1.165) is 26.4 Å². The number of benzene rings is 1. The van der Waals surface area contributed by atoms with Gasteiger partial charge in [-0.15, -0.1) is 11.3 Å². The molecular weight excluding hydrogens is 335 g/mol. The van der Waals surface area contributed by atoms with E-state index in [4.69, 9.17) is 4.74 Å². The van der Waals surface area contributed by atoms with Crippen LogP contribution in [-0.4, -0.2) is 27.8 Å². The first-order valence-electron chi connectivity index (χ1n) is 7.04. The van der Waals surface area contributed by atoms with Crippen molar-refractivity contribution in [2.75, 3.05) is 6.61 Å². The van der Waals surface area contributed by atoms with Crippen molar-refractivity contribution in [3.8, 4) is 11.1 Å². The van der Waals surface area contributed by atoms with Gasteiger partial charge in [0.1, 0.15) is 27.3 Å². The predicted molar refractivity (Wildman–Crippen MR) is 88.0 cm³/mol. The molecule has 0 amide bonds. The standard InChI is InChI=1S/C16H11FN2O2S2/c17-10-3-1-9(2-4-10)11-7-22-14-13(11)15(19-8-18-14)23-12-5-6-21-16(12)20/h1-4,7-8,12H,5-6H2/t12-/m0/s1. The molecule has 116 valence electrons. The van der Waals surface area contributed by atoms with E-state index in [1.807, 2.05) is 5.38 Å². The lowest BCUT2D eigenvalue weighted by atomic mass is 10.1. The Morgan fingerprint density at radius 1 is 1.26 bits per heavy atom. The fraction of sp³-hybridized carbons (Fsp3) is 0.188. The molecule has 0 unspecified atom stereocenters. The van der Waals surface area contributed by atoms with Crippen LogP contribution in [0, 0.1) is 5.82 Å². The molecule has 1 aliphatic rings. The molecule has 1 aliphatic heterocycles. The Labute approximate surface area is 139 Å². The highest BCUT2D eigenvalue weighted by molar-refractivity contribution is 8.00. The zero-order chi connectivity index (χ0) is 15.8. The highest BCUT2D eigenvalue weighted by Gasteiger charge is 2.29. The molecule has 1 fully saturated rings. The van der Waals surface area contributed by atoms with Crippen LogP contribution in [0.25, 0.3) is 21.3 Å². The summed E-state index contributed by atoms with van der Waals surface area (Å²) < 4.78 is 18.2. The lowest BCUT2D eigenvalue weighted by Crippen LogP contribution is -2.09. The number of aromatic nitrogens is 2. The number of fused-ring (bicyclic) bond motifs is 1. The fourth-order valence-corrected chi connectivity index (χ4v) is 4.56. The number of rotatable bonds is 3. The lowest BCUT2D eigenvalue weighted by molar-refractivity contribution is -0.137. The van der Waals surface area contributed by atoms with Crippen molar-refractivity contribution in [1.29, 1.82) is 0 Å². The van der Waals surface area contributed by atoms with Gasteiger partial charge in [0.2, 0.25) is 0 Å². The molecule has 0 saturated carbocycles. The van der Waals surface area contributed by atoms with Crippen molar-refractivity contribution in [2.24, 2.45) is 0 Å². The van der Waals surface area contributed by atoms with Gasteiger partial charge in [0.15, 0.2) is 0 Å². The molecule has 3 heterocycles. The number of halogens is 1. The average molecular weight is 346 g/mol. The summed E-state index contributed by atoms with van der Waals surface area (Å²) in [6.07, 6.45) is 2.20. The molecule has 23 heavy (non-hydrogen) atoms. The number of carbonyl (C=O) groups excluding carboxylic acids is 1. The molecule has 0 aliphatic carbocycles. The topological polar surface area (TPSA) is 52.1 Å². The van der Waals surface area contributed by atoms with Gasteiger partial charge in [-0.1, -0.05) is 23.9 Å². The molecule has 4 rings (SSSR count). The van der Waals surface area contributed by atoms with E-state index in [9.17, 15) is 9.18 Å². The van der Waals surface area contributed by atoms with Crippen LogP contribution in [0.2, 0.25) is 0 Å². The van der Waals surface area contributed by atoms with Gasteiger partial charge in [0.25, 0.3) is 0 Å². The third-order valence-corrected chi connectivity index (χ3v) is 5.76. The molecule has 0 spiro atoms. The van der Waals surface area contributed by atoms with E-state index in [-0.39, 0.29) is 17.0 Å². The number of thiophene rings is 1. The lowest BCUT2D eigenvalue weighted by Gasteiger charge is -2.07. The van der Waals surface area contributed by atoms with Crippen LogP contribution >= 0.6 is 23.1 Å². The van der Waals surface area contributed by atoms with Crippen LogP contribution in [0.15, 0.2) is 41.0 Å². The Morgan fingerprint density at radius 2 is 2.09 bits per heavy atom. The summed E-state index contributed by atoms with van der Waals surface area (Å²) in [5, 5.41) is 3.44. The van der Waals surface area contributed by atoms with Gasteiger partial charge in [-0.3, -0.25) is 4.79 Å². The van der Waals surface area contributed by atoms with Crippen molar-refractivity contribution in [3.05, 3.63) is 41.8 Å². The predicted octanol–water partition coefficient (Wildman–Crippen LogP) is 3.91. The summed E-state index contributed by atoms with van der Waals surface area (Å²) in [6.45, 7) is 0.458. The summed E-state index contributed by atoms with van der Waals surface area (Å²) in [7, 11) is 0. The Morgan fingerprint density at radius 3 is 2.83 bits per heavy atom. The molecule has 0 radical (unpaired) electrons. The van der Waals surface area contributed by atoms with Gasteiger partial charge in [-0.2, -0.15) is 0 Å². The van der Waals surface area contributed by atoms with Crippen LogP contribution in [0.4, 0.5) is 4.39 Å². The molecule has 0 bridgehead atoms. The minimum Gasteiger partial charge on any atom is -0.465 e. The van der Waals surface area contributed by atoms with Gasteiger partial charge in [0.05, 0.1) is 12.0 Å². The van der Waals surface area contributed by atoms with Gasteiger partial charge in [-0.25, -0.2) is 14.4 Å². The molecule has 1 saturated heterocycles. The Balaban J connectivity index is 1.80. The number of esters is 1. The third-order valence-electron chi connectivity index (χ3n) is 3.63. The van der Waals surface area contributed by atoms with Crippen molar-refractivity contribution < 1.29 is 13.9 Å². The number of cyclic esters (lactones) is 1. The summed E-state index contributed by atoms with van der Waals surface area (Å²) in [4.78, 5) is 21.2. The highest BCUT2D eigenvalue weighted by Crippen LogP contribution is 2.40. The summed E-state index contributed by atoms with van der Waals surface area (Å²) >= 11 is 2.92. The first-order chi connectivity index (χ1) is 11.2. The largest absolute Gasteiger partial charge is 0.465 e. The maximum absolute atomic E-state index is 13.2. The molecule has 4 nitrogen and oxygen atoms in total. The van der Waals surface area contributed by atoms with E-state index >= 15 is 0 Å². The smallest absolute Gasteiger partial charge is 0.319 e. The second-order valence-electron chi connectivity index (χ2n) is 5.08. The quantitative estimate of drug-likeness (QED) is 0.532. The van der Waals surface area contributed by atoms with Gasteiger partial charge in [0, 0.05) is 17.4 Å². The number of thioether (sulfide) groups is 1. The van der Waals surface area contributed by atoms with E-state index < -0.39 is 0 Å². The van der Waals surface area contributed by atoms with Crippen LogP contribution in [0.3, 0.4) is 0 Å². The molecule has 1 aromatic carbocycles. The van der Waals surface area contributed by atoms with Crippen molar-refractivity contribution in [1.82, 2.24) is 9.97 Å². The van der Waals surface area contributed by atoms with Crippen LogP contribution in [-0.2, 0) is 9.53 Å². The minimum absolute atomic E-state index is 0.194. The molecule has 0 N–H and O–H groups in total. The maximum Gasteiger partial charge on any atom is 0.319 e.